The first-order valence-corrected chi connectivity index (χ1v) is 5.13. The molecule has 0 saturated carbocycles. The summed E-state index contributed by atoms with van der Waals surface area (Å²) >= 11 is -0.454. The second-order valence-electron chi connectivity index (χ2n) is 1.89. The van der Waals surface area contributed by atoms with Crippen molar-refractivity contribution in [1.82, 2.24) is 0 Å². The third kappa shape index (κ3) is 18.3. The number of carbonyl (C=O) groups is 4. The third-order valence-electron chi connectivity index (χ3n) is 0.765. The summed E-state index contributed by atoms with van der Waals surface area (Å²) in [7, 11) is 0. The minimum absolute atomic E-state index is 0.0174. The van der Waals surface area contributed by atoms with Crippen LogP contribution in [0.1, 0.15) is 13.3 Å². The molecule has 0 rings (SSSR count). The molecule has 5 nitrogen and oxygen atoms in total. The van der Waals surface area contributed by atoms with Gasteiger partial charge in [-0.25, -0.2) is 0 Å². The fraction of sp³-hybridized carbons (Fsp3) is 0.429. The van der Waals surface area contributed by atoms with Gasteiger partial charge in [0.05, 0.1) is 13.0 Å². The van der Waals surface area contributed by atoms with Crippen LogP contribution in [0.15, 0.2) is 0 Å². The van der Waals surface area contributed by atoms with E-state index < -0.39 is 17.1 Å². The molecule has 2 N–H and O–H groups in total. The van der Waals surface area contributed by atoms with E-state index in [-0.39, 0.29) is 24.5 Å². The van der Waals surface area contributed by atoms with E-state index in [2.05, 4.69) is 0 Å². The van der Waals surface area contributed by atoms with Gasteiger partial charge in [-0.3, -0.25) is 9.59 Å². The predicted octanol–water partition coefficient (Wildman–Crippen LogP) is -1.06. The van der Waals surface area contributed by atoms with E-state index in [0.717, 1.165) is 0 Å². The Kier molecular flexibility index (Phi) is 12.8. The molecule has 0 unspecified atom stereocenters. The number of carbonyl (C=O) groups excluding carboxylic acids is 4. The van der Waals surface area contributed by atoms with Gasteiger partial charge in [-0.15, -0.1) is 0 Å². The van der Waals surface area contributed by atoms with E-state index in [9.17, 15) is 19.2 Å². The number of hydrogen-bond acceptors (Lipinski definition) is 5. The van der Waals surface area contributed by atoms with Crippen LogP contribution in [0.2, 0.25) is 0 Å². The van der Waals surface area contributed by atoms with E-state index in [1.807, 2.05) is 0 Å². The van der Waals surface area contributed by atoms with Crippen LogP contribution in [0.5, 0.6) is 0 Å². The molecule has 0 aliphatic rings. The number of hydrogen-bond donors (Lipinski definition) is 1. The van der Waals surface area contributed by atoms with Crippen LogP contribution in [-0.2, 0) is 36.3 Å². The minimum atomic E-state index is -0.454. The zero-order valence-corrected chi connectivity index (χ0v) is 8.75. The number of rotatable bonds is 5. The molecule has 0 heterocycles. The Hall–Kier alpha value is -0.737. The first-order valence-electron chi connectivity index (χ1n) is 3.23. The summed E-state index contributed by atoms with van der Waals surface area (Å²) in [6, 6.07) is 0. The summed E-state index contributed by atoms with van der Waals surface area (Å²) in [5.74, 6) is -0.321. The Labute approximate surface area is 83.6 Å². The first-order chi connectivity index (χ1) is 6.08. The van der Waals surface area contributed by atoms with Crippen LogP contribution in [0, 0.1) is 0 Å². The van der Waals surface area contributed by atoms with Crippen LogP contribution in [-0.4, -0.2) is 27.9 Å². The Bertz CT molecular complexity index is 187. The standard InChI is InChI=1S/C5H9NO2.2CHO.Rh/c1-4(7)2-5(8)3-6;2*1-2;/h2-3,6H2,1H3;2*1H;. The van der Waals surface area contributed by atoms with Crippen molar-refractivity contribution >= 4 is 21.3 Å². The average Bonchev–Trinajstić information content (AvgIpc) is 2.06. The van der Waals surface area contributed by atoms with E-state index in [4.69, 9.17) is 5.73 Å². The van der Waals surface area contributed by atoms with Crippen molar-refractivity contribution in [3.8, 4) is 0 Å². The Balaban J connectivity index is 0. The molecule has 0 fully saturated rings. The Morgan fingerprint density at radius 2 is 1.77 bits per heavy atom. The van der Waals surface area contributed by atoms with Gasteiger partial charge >= 0.3 is 36.5 Å². The zero-order chi connectivity index (χ0) is 10.7. The monoisotopic (exact) mass is 276 g/mol. The predicted molar refractivity (Wildman–Crippen MR) is 42.9 cm³/mol. The van der Waals surface area contributed by atoms with Gasteiger partial charge in [0.1, 0.15) is 5.78 Å². The van der Waals surface area contributed by atoms with Crippen LogP contribution >= 0.6 is 0 Å². The fourth-order valence-electron chi connectivity index (χ4n) is 0.368. The van der Waals surface area contributed by atoms with Gasteiger partial charge < -0.3 is 5.73 Å². The van der Waals surface area contributed by atoms with Gasteiger partial charge in [0.25, 0.3) is 0 Å². The van der Waals surface area contributed by atoms with E-state index in [0.29, 0.717) is 9.76 Å². The normalized spacial score (nSPS) is 8.15. The van der Waals surface area contributed by atoms with Crippen molar-refractivity contribution in [2.75, 3.05) is 6.54 Å². The Morgan fingerprint density at radius 1 is 1.31 bits per heavy atom. The molecule has 0 aromatic carbocycles. The van der Waals surface area contributed by atoms with Gasteiger partial charge in [-0.05, 0) is 6.92 Å². The molecule has 77 valence electrons. The molecule has 0 spiro atoms. The van der Waals surface area contributed by atoms with Crippen molar-refractivity contribution in [3.05, 3.63) is 0 Å². The summed E-state index contributed by atoms with van der Waals surface area (Å²) in [4.78, 5) is 40.1. The molecule has 0 bridgehead atoms. The van der Waals surface area contributed by atoms with Gasteiger partial charge in [0.2, 0.25) is 0 Å². The van der Waals surface area contributed by atoms with Crippen molar-refractivity contribution in [2.24, 2.45) is 5.73 Å². The average molecular weight is 276 g/mol. The topological polar surface area (TPSA) is 94.3 Å². The fourth-order valence-corrected chi connectivity index (χ4v) is 0.459. The van der Waals surface area contributed by atoms with E-state index in [1.165, 1.54) is 6.92 Å². The van der Waals surface area contributed by atoms with Gasteiger partial charge in [-0.2, -0.15) is 0 Å². The second kappa shape index (κ2) is 11.3. The molecule has 0 aliphatic carbocycles. The van der Waals surface area contributed by atoms with Crippen LogP contribution < -0.4 is 5.73 Å². The summed E-state index contributed by atoms with van der Waals surface area (Å²) < 4.78 is 0. The van der Waals surface area contributed by atoms with Crippen molar-refractivity contribution in [2.45, 2.75) is 13.3 Å². The summed E-state index contributed by atoms with van der Waals surface area (Å²) in [5, 5.41) is 0. The van der Waals surface area contributed by atoms with Gasteiger partial charge in [0, 0.05) is 0 Å². The Morgan fingerprint density at radius 3 is 1.85 bits per heavy atom. The molecular formula is C7H11NO4Rh. The molecular weight excluding hydrogens is 265 g/mol. The number of nitrogens with two attached hydrogens (primary N) is 1. The van der Waals surface area contributed by atoms with Crippen LogP contribution in [0.25, 0.3) is 0 Å². The number of Topliss-reactive ketones (excluding diaryl/α,β-unsaturated/α-hetero) is 2. The molecule has 0 atom stereocenters. The molecule has 0 aromatic rings. The summed E-state index contributed by atoms with van der Waals surface area (Å²) in [5.41, 5.74) is 4.92. The molecule has 0 radical (unpaired) electrons. The SMILES string of the molecule is CC(=O)CC(=O)CN.O=[CH][Rh][CH]=O. The quantitative estimate of drug-likeness (QED) is 0.392. The molecule has 0 aliphatic heterocycles. The summed E-state index contributed by atoms with van der Waals surface area (Å²) in [6.45, 7) is 1.34. The molecule has 0 amide bonds. The van der Waals surface area contributed by atoms with Crippen molar-refractivity contribution < 1.29 is 36.3 Å². The number of ketones is 2. The first kappa shape index (κ1) is 14.8. The molecule has 0 saturated heterocycles. The van der Waals surface area contributed by atoms with E-state index >= 15 is 0 Å². The second-order valence-corrected chi connectivity index (χ2v) is 3.21. The molecule has 0 aromatic heterocycles. The van der Waals surface area contributed by atoms with Crippen LogP contribution in [0.4, 0.5) is 0 Å². The van der Waals surface area contributed by atoms with Crippen molar-refractivity contribution in [3.63, 3.8) is 0 Å². The van der Waals surface area contributed by atoms with Gasteiger partial charge in [0.15, 0.2) is 5.78 Å². The maximum atomic E-state index is 10.3. The maximum absolute atomic E-state index is 10.3. The molecule has 13 heavy (non-hydrogen) atoms. The van der Waals surface area contributed by atoms with Gasteiger partial charge in [-0.1, -0.05) is 0 Å². The summed E-state index contributed by atoms with van der Waals surface area (Å²) in [6.07, 6.45) is -0.0174. The third-order valence-corrected chi connectivity index (χ3v) is 1.21. The van der Waals surface area contributed by atoms with Crippen molar-refractivity contribution in [1.29, 1.82) is 0 Å². The van der Waals surface area contributed by atoms with Crippen LogP contribution in [0.3, 0.4) is 0 Å². The molecule has 6 heteroatoms. The van der Waals surface area contributed by atoms with E-state index in [1.54, 1.807) is 0 Å². The zero-order valence-electron chi connectivity index (χ0n) is 7.11.